The van der Waals surface area contributed by atoms with Gasteiger partial charge in [-0.15, -0.1) is 0 Å². The van der Waals surface area contributed by atoms with Crippen LogP contribution < -0.4 is 27.4 Å². The van der Waals surface area contributed by atoms with Crippen molar-refractivity contribution in [3.63, 3.8) is 0 Å². The Hall–Kier alpha value is -3.27. The summed E-state index contributed by atoms with van der Waals surface area (Å²) in [7, 11) is 0. The smallest absolute Gasteiger partial charge is 0.223 e. The Morgan fingerprint density at radius 1 is 1.09 bits per heavy atom. The Labute approximate surface area is 193 Å². The van der Waals surface area contributed by atoms with Gasteiger partial charge in [0.2, 0.25) is 5.95 Å². The average molecular weight is 446 g/mol. The van der Waals surface area contributed by atoms with Crippen molar-refractivity contribution < 1.29 is 0 Å². The molecule has 2 unspecified atom stereocenters. The fourth-order valence-corrected chi connectivity index (χ4v) is 4.56. The fourth-order valence-electron chi connectivity index (χ4n) is 4.56. The van der Waals surface area contributed by atoms with Gasteiger partial charge in [0.05, 0.1) is 23.6 Å². The van der Waals surface area contributed by atoms with Crippen molar-refractivity contribution in [2.24, 2.45) is 11.5 Å². The number of nitrogens with two attached hydrogens (primary N) is 2. The van der Waals surface area contributed by atoms with Crippen LogP contribution in [0.2, 0.25) is 0 Å². The van der Waals surface area contributed by atoms with Crippen LogP contribution >= 0.6 is 0 Å². The van der Waals surface area contributed by atoms with Gasteiger partial charge in [-0.25, -0.2) is 15.0 Å². The lowest BCUT2D eigenvalue weighted by atomic mass is 9.91. The maximum Gasteiger partial charge on any atom is 0.223 e. The van der Waals surface area contributed by atoms with Gasteiger partial charge in [-0.2, -0.15) is 0 Å². The topological polar surface area (TPSA) is 132 Å². The third-order valence-electron chi connectivity index (χ3n) is 6.40. The number of benzene rings is 1. The Morgan fingerprint density at radius 3 is 2.70 bits per heavy atom. The van der Waals surface area contributed by atoms with E-state index in [1.807, 2.05) is 55.0 Å². The van der Waals surface area contributed by atoms with Crippen LogP contribution in [0, 0.1) is 0 Å². The van der Waals surface area contributed by atoms with Gasteiger partial charge in [-0.1, -0.05) is 30.3 Å². The van der Waals surface area contributed by atoms with E-state index in [1.165, 1.54) is 0 Å². The molecule has 3 heterocycles. The average Bonchev–Trinajstić information content (AvgIpc) is 3.30. The van der Waals surface area contributed by atoms with Crippen molar-refractivity contribution in [3.8, 4) is 11.4 Å². The molecule has 9 heteroatoms. The van der Waals surface area contributed by atoms with E-state index in [4.69, 9.17) is 21.4 Å². The van der Waals surface area contributed by atoms with Crippen LogP contribution in [-0.2, 0) is 0 Å². The predicted molar refractivity (Wildman–Crippen MR) is 130 cm³/mol. The summed E-state index contributed by atoms with van der Waals surface area (Å²) < 4.78 is 2.08. The molecule has 9 nitrogen and oxygen atoms in total. The SMILES string of the molecule is NCC(Nc1nccc(-c2cnc3n2C=CNC3N[C@H]2CC[C@H](N)CC2)n1)c1ccccc1. The highest BCUT2D eigenvalue weighted by atomic mass is 15.2. The highest BCUT2D eigenvalue weighted by molar-refractivity contribution is 5.60. The summed E-state index contributed by atoms with van der Waals surface area (Å²) in [5.74, 6) is 1.45. The van der Waals surface area contributed by atoms with Crippen LogP contribution in [0.25, 0.3) is 17.6 Å². The molecule has 0 spiro atoms. The lowest BCUT2D eigenvalue weighted by Crippen LogP contribution is -2.44. The molecule has 3 aromatic rings. The molecule has 1 aliphatic heterocycles. The molecule has 1 aliphatic carbocycles. The molecule has 0 bridgehead atoms. The lowest BCUT2D eigenvalue weighted by Gasteiger charge is -2.32. The van der Waals surface area contributed by atoms with Gasteiger partial charge in [0.25, 0.3) is 0 Å². The second-order valence-electron chi connectivity index (χ2n) is 8.67. The first-order chi connectivity index (χ1) is 16.2. The summed E-state index contributed by atoms with van der Waals surface area (Å²) >= 11 is 0. The summed E-state index contributed by atoms with van der Waals surface area (Å²) in [4.78, 5) is 13.9. The molecule has 0 radical (unpaired) electrons. The van der Waals surface area contributed by atoms with Gasteiger partial charge < -0.3 is 22.1 Å². The monoisotopic (exact) mass is 445 g/mol. The maximum absolute atomic E-state index is 6.06. The van der Waals surface area contributed by atoms with Crippen molar-refractivity contribution in [1.29, 1.82) is 0 Å². The number of aromatic nitrogens is 4. The van der Waals surface area contributed by atoms with Crippen LogP contribution in [-0.4, -0.2) is 38.1 Å². The lowest BCUT2D eigenvalue weighted by molar-refractivity contribution is 0.297. The molecule has 172 valence electrons. The molecular weight excluding hydrogens is 414 g/mol. The van der Waals surface area contributed by atoms with Crippen molar-refractivity contribution in [2.75, 3.05) is 11.9 Å². The molecule has 0 saturated heterocycles. The standard InChI is InChI=1S/C24H31N9/c25-14-20(16-4-2-1-3-5-16)32-24-28-11-10-19(31-24)21-15-29-23-22(27-12-13-33(21)23)30-18-8-6-17(26)7-9-18/h1-5,10-13,15,17-18,20,22,27,30H,6-9,14,25-26H2,(H,28,31,32)/t17-,18-,20?,22?. The fraction of sp³-hybridized carbons (Fsp3) is 0.375. The van der Waals surface area contributed by atoms with E-state index in [9.17, 15) is 0 Å². The van der Waals surface area contributed by atoms with E-state index < -0.39 is 0 Å². The van der Waals surface area contributed by atoms with Gasteiger partial charge >= 0.3 is 0 Å². The molecule has 1 fully saturated rings. The van der Waals surface area contributed by atoms with Gasteiger partial charge in [-0.05, 0) is 37.3 Å². The van der Waals surface area contributed by atoms with Gasteiger partial charge in [0.1, 0.15) is 6.17 Å². The number of nitrogens with one attached hydrogen (secondary N) is 3. The van der Waals surface area contributed by atoms with Crippen LogP contribution in [0.1, 0.15) is 49.3 Å². The quantitative estimate of drug-likeness (QED) is 0.374. The normalized spacial score (nSPS) is 22.9. The molecule has 1 saturated carbocycles. The second kappa shape index (κ2) is 9.70. The van der Waals surface area contributed by atoms with Crippen molar-refractivity contribution >= 4 is 12.1 Å². The molecule has 1 aromatic carbocycles. The molecule has 5 rings (SSSR count). The Balaban J connectivity index is 1.35. The Bertz CT molecular complexity index is 1090. The molecule has 7 N–H and O–H groups in total. The highest BCUT2D eigenvalue weighted by Crippen LogP contribution is 2.27. The number of fused-ring (bicyclic) bond motifs is 1. The number of rotatable bonds is 7. The van der Waals surface area contributed by atoms with E-state index in [1.54, 1.807) is 6.20 Å². The highest BCUT2D eigenvalue weighted by Gasteiger charge is 2.26. The van der Waals surface area contributed by atoms with Crippen molar-refractivity contribution in [3.05, 3.63) is 66.4 Å². The third-order valence-corrected chi connectivity index (χ3v) is 6.40. The minimum atomic E-state index is -0.0675. The van der Waals surface area contributed by atoms with Crippen LogP contribution in [0.3, 0.4) is 0 Å². The van der Waals surface area contributed by atoms with Crippen molar-refractivity contribution in [1.82, 2.24) is 30.2 Å². The van der Waals surface area contributed by atoms with Gasteiger partial charge in [0.15, 0.2) is 5.82 Å². The number of hydrogen-bond donors (Lipinski definition) is 5. The molecule has 0 amide bonds. The summed E-state index contributed by atoms with van der Waals surface area (Å²) in [6.45, 7) is 0.438. The summed E-state index contributed by atoms with van der Waals surface area (Å²) in [6, 6.07) is 12.7. The molecule has 2 aromatic heterocycles. The summed E-state index contributed by atoms with van der Waals surface area (Å²) in [5, 5.41) is 10.5. The summed E-state index contributed by atoms with van der Waals surface area (Å²) in [6.07, 6.45) is 11.8. The number of anilines is 1. The minimum absolute atomic E-state index is 0.0535. The first-order valence-corrected chi connectivity index (χ1v) is 11.6. The van der Waals surface area contributed by atoms with E-state index in [-0.39, 0.29) is 12.2 Å². The van der Waals surface area contributed by atoms with Crippen LogP contribution in [0.15, 0.2) is 55.0 Å². The number of nitrogens with zero attached hydrogens (tertiary/aromatic N) is 4. The van der Waals surface area contributed by atoms with E-state index in [2.05, 4.69) is 25.5 Å². The van der Waals surface area contributed by atoms with Crippen LogP contribution in [0.5, 0.6) is 0 Å². The maximum atomic E-state index is 6.06. The molecule has 2 atom stereocenters. The first-order valence-electron chi connectivity index (χ1n) is 11.6. The van der Waals surface area contributed by atoms with Crippen molar-refractivity contribution in [2.45, 2.75) is 50.0 Å². The summed E-state index contributed by atoms with van der Waals surface area (Å²) in [5.41, 5.74) is 14.9. The zero-order chi connectivity index (χ0) is 22.6. The van der Waals surface area contributed by atoms with Crippen LogP contribution in [0.4, 0.5) is 5.95 Å². The number of imidazole rings is 1. The van der Waals surface area contributed by atoms with E-state index >= 15 is 0 Å². The third kappa shape index (κ3) is 4.75. The van der Waals surface area contributed by atoms with E-state index in [0.717, 1.165) is 48.5 Å². The molecular formula is C24H31N9. The predicted octanol–water partition coefficient (Wildman–Crippen LogP) is 2.34. The molecule has 2 aliphatic rings. The first kappa shape index (κ1) is 21.6. The Kier molecular flexibility index (Phi) is 6.34. The largest absolute Gasteiger partial charge is 0.368 e. The zero-order valence-electron chi connectivity index (χ0n) is 18.6. The Morgan fingerprint density at radius 2 is 1.91 bits per heavy atom. The molecule has 33 heavy (non-hydrogen) atoms. The number of hydrogen-bond acceptors (Lipinski definition) is 8. The van der Waals surface area contributed by atoms with E-state index in [0.29, 0.717) is 24.6 Å². The van der Waals surface area contributed by atoms with Gasteiger partial charge in [-0.3, -0.25) is 9.88 Å². The minimum Gasteiger partial charge on any atom is -0.368 e. The zero-order valence-corrected chi connectivity index (χ0v) is 18.6. The van der Waals surface area contributed by atoms with Gasteiger partial charge in [0, 0.05) is 37.2 Å². The second-order valence-corrected chi connectivity index (χ2v) is 8.67.